The molecule has 0 unspecified atom stereocenters. The van der Waals surface area contributed by atoms with Crippen LogP contribution in [0.25, 0.3) is 0 Å². The molecule has 0 aromatic rings. The van der Waals surface area contributed by atoms with Crippen molar-refractivity contribution in [3.8, 4) is 0 Å². The van der Waals surface area contributed by atoms with Crippen molar-refractivity contribution in [1.82, 2.24) is 5.32 Å². The Hall–Kier alpha value is -0.0400. The molecule has 84 valence electrons. The molecule has 1 rings (SSSR count). The number of hydrogen-bond donors (Lipinski definition) is 1. The maximum atomic E-state index is 3.77. The number of unbranched alkanes of at least 4 members (excludes halogenated alkanes) is 1. The van der Waals surface area contributed by atoms with Crippen LogP contribution in [-0.2, 0) is 0 Å². The number of nitrogens with one attached hydrogen (secondary N) is 1. The summed E-state index contributed by atoms with van der Waals surface area (Å²) in [4.78, 5) is 0. The molecule has 1 heteroatoms. The lowest BCUT2D eigenvalue weighted by atomic mass is 9.87. The molecule has 0 bridgehead atoms. The first kappa shape index (κ1) is 12.0. The molecule has 1 aliphatic rings. The molecule has 1 nitrogen and oxygen atoms in total. The van der Waals surface area contributed by atoms with E-state index in [9.17, 15) is 0 Å². The third kappa shape index (κ3) is 4.45. The Morgan fingerprint density at radius 3 is 2.43 bits per heavy atom. The van der Waals surface area contributed by atoms with Gasteiger partial charge in [-0.3, -0.25) is 0 Å². The van der Waals surface area contributed by atoms with Gasteiger partial charge in [0.25, 0.3) is 0 Å². The molecule has 1 saturated carbocycles. The van der Waals surface area contributed by atoms with Crippen molar-refractivity contribution in [3.63, 3.8) is 0 Å². The molecule has 0 heterocycles. The van der Waals surface area contributed by atoms with Crippen molar-refractivity contribution in [2.75, 3.05) is 0 Å². The zero-order valence-corrected chi connectivity index (χ0v) is 10.2. The molecule has 1 N–H and O–H groups in total. The molecule has 1 fully saturated rings. The van der Waals surface area contributed by atoms with Gasteiger partial charge in [-0.25, -0.2) is 0 Å². The smallest absolute Gasteiger partial charge is 0.00697 e. The van der Waals surface area contributed by atoms with Gasteiger partial charge in [0, 0.05) is 12.1 Å². The summed E-state index contributed by atoms with van der Waals surface area (Å²) in [6, 6.07) is 1.55. The minimum atomic E-state index is 0.730. The van der Waals surface area contributed by atoms with Gasteiger partial charge in [-0.05, 0) is 44.9 Å². The Kier molecular flexibility index (Phi) is 5.54. The highest BCUT2D eigenvalue weighted by Crippen LogP contribution is 2.23. The summed E-state index contributed by atoms with van der Waals surface area (Å²) in [7, 11) is 0. The van der Waals surface area contributed by atoms with Crippen molar-refractivity contribution < 1.29 is 0 Å². The fraction of sp³-hybridized carbons (Fsp3) is 1.00. The molecular weight excluding hydrogens is 170 g/mol. The molecule has 14 heavy (non-hydrogen) atoms. The second kappa shape index (κ2) is 6.44. The van der Waals surface area contributed by atoms with Crippen molar-refractivity contribution in [1.29, 1.82) is 0 Å². The molecule has 0 spiro atoms. The van der Waals surface area contributed by atoms with E-state index in [1.165, 1.54) is 44.9 Å². The number of rotatable bonds is 5. The third-order valence-corrected chi connectivity index (χ3v) is 3.53. The fourth-order valence-electron chi connectivity index (χ4n) is 2.42. The number of hydrogen-bond acceptors (Lipinski definition) is 1. The largest absolute Gasteiger partial charge is 0.312 e. The Balaban J connectivity index is 2.10. The Bertz CT molecular complexity index is 136. The van der Waals surface area contributed by atoms with Gasteiger partial charge in [0.15, 0.2) is 0 Å². The highest BCUT2D eigenvalue weighted by atomic mass is 14.9. The lowest BCUT2D eigenvalue weighted by Gasteiger charge is -2.29. The van der Waals surface area contributed by atoms with Gasteiger partial charge in [0.2, 0.25) is 0 Å². The summed E-state index contributed by atoms with van der Waals surface area (Å²) in [5, 5.41) is 3.77. The van der Waals surface area contributed by atoms with Crippen LogP contribution in [0.3, 0.4) is 0 Å². The van der Waals surface area contributed by atoms with Crippen LogP contribution in [0.5, 0.6) is 0 Å². The van der Waals surface area contributed by atoms with Crippen LogP contribution in [0.4, 0.5) is 0 Å². The first-order valence-electron chi connectivity index (χ1n) is 6.48. The van der Waals surface area contributed by atoms with Crippen LogP contribution < -0.4 is 5.32 Å². The minimum absolute atomic E-state index is 0.730. The summed E-state index contributed by atoms with van der Waals surface area (Å²) in [6.07, 6.45) is 9.71. The monoisotopic (exact) mass is 197 g/mol. The van der Waals surface area contributed by atoms with Crippen LogP contribution in [0.15, 0.2) is 0 Å². The molecule has 0 aromatic heterocycles. The summed E-state index contributed by atoms with van der Waals surface area (Å²) >= 11 is 0. The quantitative estimate of drug-likeness (QED) is 0.708. The zero-order chi connectivity index (χ0) is 10.4. The van der Waals surface area contributed by atoms with Crippen LogP contribution in [0.2, 0.25) is 0 Å². The Labute approximate surface area is 89.7 Å². The molecule has 0 radical (unpaired) electrons. The van der Waals surface area contributed by atoms with E-state index in [2.05, 4.69) is 26.1 Å². The second-order valence-corrected chi connectivity index (χ2v) is 5.17. The summed E-state index contributed by atoms with van der Waals surface area (Å²) in [6.45, 7) is 7.00. The Morgan fingerprint density at radius 1 is 1.21 bits per heavy atom. The maximum Gasteiger partial charge on any atom is 0.00697 e. The lowest BCUT2D eigenvalue weighted by Crippen LogP contribution is -2.38. The summed E-state index contributed by atoms with van der Waals surface area (Å²) in [5.41, 5.74) is 0. The summed E-state index contributed by atoms with van der Waals surface area (Å²) < 4.78 is 0. The van der Waals surface area contributed by atoms with Gasteiger partial charge in [0.05, 0.1) is 0 Å². The molecule has 1 atom stereocenters. The molecule has 1 aliphatic carbocycles. The predicted molar refractivity (Wildman–Crippen MR) is 63.5 cm³/mol. The van der Waals surface area contributed by atoms with Crippen LogP contribution in [0, 0.1) is 5.92 Å². The zero-order valence-electron chi connectivity index (χ0n) is 10.2. The van der Waals surface area contributed by atoms with E-state index < -0.39 is 0 Å². The average molecular weight is 197 g/mol. The molecule has 0 amide bonds. The standard InChI is InChI=1S/C13H27N/c1-4-5-6-12(3)14-13-9-7-11(2)8-10-13/h11-14H,4-10H2,1-3H3/t11?,12-,13?/m1/s1. The SMILES string of the molecule is CCCC[C@@H](C)NC1CCC(C)CC1. The highest BCUT2D eigenvalue weighted by Gasteiger charge is 2.18. The molecule has 0 aliphatic heterocycles. The van der Waals surface area contributed by atoms with Crippen molar-refractivity contribution in [2.24, 2.45) is 5.92 Å². The van der Waals surface area contributed by atoms with E-state index in [1.54, 1.807) is 0 Å². The van der Waals surface area contributed by atoms with E-state index in [0.29, 0.717) is 0 Å². The van der Waals surface area contributed by atoms with Crippen molar-refractivity contribution in [2.45, 2.75) is 77.8 Å². The van der Waals surface area contributed by atoms with Crippen molar-refractivity contribution >= 4 is 0 Å². The van der Waals surface area contributed by atoms with E-state index in [1.807, 2.05) is 0 Å². The third-order valence-electron chi connectivity index (χ3n) is 3.53. The van der Waals surface area contributed by atoms with Gasteiger partial charge in [-0.1, -0.05) is 26.7 Å². The van der Waals surface area contributed by atoms with Crippen molar-refractivity contribution in [3.05, 3.63) is 0 Å². The topological polar surface area (TPSA) is 12.0 Å². The fourth-order valence-corrected chi connectivity index (χ4v) is 2.42. The predicted octanol–water partition coefficient (Wildman–Crippen LogP) is 3.73. The Morgan fingerprint density at radius 2 is 1.86 bits per heavy atom. The van der Waals surface area contributed by atoms with Gasteiger partial charge in [0.1, 0.15) is 0 Å². The van der Waals surface area contributed by atoms with E-state index in [-0.39, 0.29) is 0 Å². The molecular formula is C13H27N. The van der Waals surface area contributed by atoms with E-state index in [4.69, 9.17) is 0 Å². The van der Waals surface area contributed by atoms with Crippen LogP contribution in [-0.4, -0.2) is 12.1 Å². The van der Waals surface area contributed by atoms with Gasteiger partial charge >= 0.3 is 0 Å². The summed E-state index contributed by atoms with van der Waals surface area (Å²) in [5.74, 6) is 0.971. The highest BCUT2D eigenvalue weighted by molar-refractivity contribution is 4.77. The van der Waals surface area contributed by atoms with E-state index >= 15 is 0 Å². The minimum Gasteiger partial charge on any atom is -0.312 e. The molecule has 0 aromatic carbocycles. The molecule has 0 saturated heterocycles. The first-order valence-corrected chi connectivity index (χ1v) is 6.48. The van der Waals surface area contributed by atoms with Gasteiger partial charge < -0.3 is 5.32 Å². The van der Waals surface area contributed by atoms with Crippen LogP contribution in [0.1, 0.15) is 65.7 Å². The van der Waals surface area contributed by atoms with E-state index in [0.717, 1.165) is 18.0 Å². The normalized spacial score (nSPS) is 30.2. The second-order valence-electron chi connectivity index (χ2n) is 5.17. The maximum absolute atomic E-state index is 3.77. The van der Waals surface area contributed by atoms with Gasteiger partial charge in [-0.2, -0.15) is 0 Å². The lowest BCUT2D eigenvalue weighted by molar-refractivity contribution is 0.285. The van der Waals surface area contributed by atoms with Gasteiger partial charge in [-0.15, -0.1) is 0 Å². The van der Waals surface area contributed by atoms with Crippen LogP contribution >= 0.6 is 0 Å². The first-order chi connectivity index (χ1) is 6.72. The average Bonchev–Trinajstić information content (AvgIpc) is 2.18.